The van der Waals surface area contributed by atoms with Gasteiger partial charge in [-0.1, -0.05) is 80.6 Å². The Bertz CT molecular complexity index is 1490. The zero-order valence-corrected chi connectivity index (χ0v) is 21.9. The number of tetrazole rings is 1. The number of carbonyl (C=O) groups is 1. The fourth-order valence-corrected chi connectivity index (χ4v) is 6.26. The Labute approximate surface area is 217 Å². The van der Waals surface area contributed by atoms with Crippen LogP contribution in [0.1, 0.15) is 40.4 Å². The number of H-pyrrole nitrogens is 1. The minimum absolute atomic E-state index is 0.310. The van der Waals surface area contributed by atoms with Crippen molar-refractivity contribution in [2.24, 2.45) is 0 Å². The Morgan fingerprint density at radius 2 is 1.89 bits per heavy atom. The fourth-order valence-electron chi connectivity index (χ4n) is 4.28. The number of aryl methyl sites for hydroxylation is 1. The molecule has 5 rings (SSSR count). The lowest BCUT2D eigenvalue weighted by Gasteiger charge is -2.11. The van der Waals surface area contributed by atoms with Gasteiger partial charge in [0.15, 0.2) is 11.0 Å². The van der Waals surface area contributed by atoms with Gasteiger partial charge >= 0.3 is 5.97 Å². The second-order valence-electron chi connectivity index (χ2n) is 8.20. The molecule has 0 aliphatic rings. The average molecular weight is 519 g/mol. The third-order valence-corrected chi connectivity index (χ3v) is 7.96. The molecule has 0 spiro atoms. The summed E-state index contributed by atoms with van der Waals surface area (Å²) >= 11 is 3.19. The number of thioether (sulfide) groups is 1. The molecule has 0 radical (unpaired) electrons. The molecule has 0 unspecified atom stereocenters. The highest BCUT2D eigenvalue weighted by molar-refractivity contribution is 7.99. The Morgan fingerprint density at radius 1 is 1.11 bits per heavy atom. The van der Waals surface area contributed by atoms with Gasteiger partial charge in [-0.05, 0) is 39.3 Å². The molecule has 2 aromatic carbocycles. The lowest BCUT2D eigenvalue weighted by atomic mass is 9.98. The number of thiophene rings is 1. The monoisotopic (exact) mass is 518 g/mol. The van der Waals surface area contributed by atoms with E-state index in [0.717, 1.165) is 61.9 Å². The maximum absolute atomic E-state index is 12.7. The van der Waals surface area contributed by atoms with Crippen molar-refractivity contribution in [2.45, 2.75) is 38.4 Å². The van der Waals surface area contributed by atoms with Gasteiger partial charge in [0.05, 0.1) is 19.2 Å². The standard InChI is InChI=1S/C26H26N6O2S2/c1-4-8-20-21-22(23(36-20)25(33)34-3)32(26(27-21)35-5-2)15-16-11-13-17(14-12-16)18-9-6-7-10-19(18)24-28-30-31-29-24/h6-7,9-14H,4-5,8,15H2,1-3H3,(H,28,29,30,31). The van der Waals surface area contributed by atoms with E-state index in [2.05, 4.69) is 69.4 Å². The molecule has 3 heterocycles. The number of nitrogens with zero attached hydrogens (tertiary/aromatic N) is 5. The molecule has 0 amide bonds. The molecule has 0 bridgehead atoms. The van der Waals surface area contributed by atoms with E-state index in [1.165, 1.54) is 18.4 Å². The Morgan fingerprint density at radius 3 is 2.56 bits per heavy atom. The van der Waals surface area contributed by atoms with Crippen LogP contribution in [-0.4, -0.2) is 49.0 Å². The van der Waals surface area contributed by atoms with Crippen LogP contribution >= 0.6 is 23.1 Å². The summed E-state index contributed by atoms with van der Waals surface area (Å²) in [7, 11) is 1.43. The molecule has 5 aromatic rings. The first-order valence-electron chi connectivity index (χ1n) is 11.8. The molecule has 0 aliphatic heterocycles. The maximum Gasteiger partial charge on any atom is 0.350 e. The van der Waals surface area contributed by atoms with Crippen LogP contribution < -0.4 is 0 Å². The number of imidazole rings is 1. The molecule has 1 N–H and O–H groups in total. The molecule has 8 nitrogen and oxygen atoms in total. The molecule has 3 aromatic heterocycles. The zero-order valence-electron chi connectivity index (χ0n) is 20.3. The second kappa shape index (κ2) is 10.6. The van der Waals surface area contributed by atoms with E-state index in [-0.39, 0.29) is 5.97 Å². The smallest absolute Gasteiger partial charge is 0.350 e. The highest BCUT2D eigenvalue weighted by Crippen LogP contribution is 2.37. The van der Waals surface area contributed by atoms with Crippen molar-refractivity contribution in [1.82, 2.24) is 30.2 Å². The summed E-state index contributed by atoms with van der Waals surface area (Å²) in [5, 5.41) is 15.3. The van der Waals surface area contributed by atoms with E-state index in [1.54, 1.807) is 11.8 Å². The number of methoxy groups -OCH3 is 1. The largest absolute Gasteiger partial charge is 0.465 e. The molecule has 0 saturated heterocycles. The highest BCUT2D eigenvalue weighted by Gasteiger charge is 2.25. The summed E-state index contributed by atoms with van der Waals surface area (Å²) in [5.41, 5.74) is 5.97. The summed E-state index contributed by atoms with van der Waals surface area (Å²) in [4.78, 5) is 19.4. The molecule has 0 atom stereocenters. The van der Waals surface area contributed by atoms with Crippen LogP contribution in [0.2, 0.25) is 0 Å². The molecular formula is C26H26N6O2S2. The number of ether oxygens (including phenoxy) is 1. The SMILES string of the molecule is CCCc1sc(C(=O)OC)c2c1nc(SCC)n2Cc1ccc(-c2ccccc2-c2nnn[nH]2)cc1. The van der Waals surface area contributed by atoms with Crippen molar-refractivity contribution >= 4 is 40.1 Å². The number of nitrogens with one attached hydrogen (secondary N) is 1. The average Bonchev–Trinajstić information content (AvgIpc) is 3.64. The van der Waals surface area contributed by atoms with E-state index >= 15 is 0 Å². The van der Waals surface area contributed by atoms with Gasteiger partial charge in [-0.3, -0.25) is 0 Å². The van der Waals surface area contributed by atoms with Gasteiger partial charge in [0, 0.05) is 10.4 Å². The van der Waals surface area contributed by atoms with Crippen molar-refractivity contribution in [3.63, 3.8) is 0 Å². The van der Waals surface area contributed by atoms with Gasteiger partial charge in [0.1, 0.15) is 10.4 Å². The second-order valence-corrected chi connectivity index (χ2v) is 10.5. The summed E-state index contributed by atoms with van der Waals surface area (Å²) in [6.45, 7) is 4.86. The quantitative estimate of drug-likeness (QED) is 0.193. The third kappa shape index (κ3) is 4.54. The fraction of sp³-hybridized carbons (Fsp3) is 0.269. The summed E-state index contributed by atoms with van der Waals surface area (Å²) in [5.74, 6) is 1.22. The number of esters is 1. The van der Waals surface area contributed by atoms with E-state index in [0.29, 0.717) is 17.2 Å². The zero-order chi connectivity index (χ0) is 25.1. The first-order chi connectivity index (χ1) is 17.6. The first-order valence-corrected chi connectivity index (χ1v) is 13.6. The van der Waals surface area contributed by atoms with Crippen molar-refractivity contribution in [1.29, 1.82) is 0 Å². The first kappa shape index (κ1) is 24.2. The highest BCUT2D eigenvalue weighted by atomic mass is 32.2. The van der Waals surface area contributed by atoms with Gasteiger partial charge < -0.3 is 9.30 Å². The summed E-state index contributed by atoms with van der Waals surface area (Å²) < 4.78 is 7.29. The normalized spacial score (nSPS) is 11.3. The topological polar surface area (TPSA) is 98.6 Å². The van der Waals surface area contributed by atoms with E-state index in [4.69, 9.17) is 9.72 Å². The number of aromatic nitrogens is 6. The Balaban J connectivity index is 1.53. The minimum atomic E-state index is -0.310. The van der Waals surface area contributed by atoms with Gasteiger partial charge in [-0.15, -0.1) is 16.4 Å². The number of hydrogen-bond acceptors (Lipinski definition) is 8. The maximum atomic E-state index is 12.7. The molecule has 10 heteroatoms. The van der Waals surface area contributed by atoms with Crippen LogP contribution in [0.5, 0.6) is 0 Å². The lowest BCUT2D eigenvalue weighted by Crippen LogP contribution is -2.06. The molecule has 0 saturated carbocycles. The minimum Gasteiger partial charge on any atom is -0.465 e. The predicted molar refractivity (Wildman–Crippen MR) is 143 cm³/mol. The molecule has 36 heavy (non-hydrogen) atoms. The molecular weight excluding hydrogens is 492 g/mol. The summed E-state index contributed by atoms with van der Waals surface area (Å²) in [6, 6.07) is 16.5. The van der Waals surface area contributed by atoms with Crippen LogP contribution in [0.3, 0.4) is 0 Å². The number of hydrogen-bond donors (Lipinski definition) is 1. The number of carbonyl (C=O) groups excluding carboxylic acids is 1. The van der Waals surface area contributed by atoms with Gasteiger partial charge in [0.25, 0.3) is 0 Å². The number of aromatic amines is 1. The van der Waals surface area contributed by atoms with Crippen molar-refractivity contribution < 1.29 is 9.53 Å². The Hall–Kier alpha value is -3.50. The number of fused-ring (bicyclic) bond motifs is 1. The Kier molecular flexibility index (Phi) is 7.15. The lowest BCUT2D eigenvalue weighted by molar-refractivity contribution is 0.0608. The van der Waals surface area contributed by atoms with Crippen LogP contribution in [0, 0.1) is 0 Å². The molecule has 184 valence electrons. The number of benzene rings is 2. The van der Waals surface area contributed by atoms with Crippen molar-refractivity contribution in [2.75, 3.05) is 12.9 Å². The van der Waals surface area contributed by atoms with Crippen LogP contribution in [0.4, 0.5) is 0 Å². The van der Waals surface area contributed by atoms with Crippen molar-refractivity contribution in [3.8, 4) is 22.5 Å². The van der Waals surface area contributed by atoms with E-state index in [9.17, 15) is 4.79 Å². The predicted octanol–water partition coefficient (Wildman–Crippen LogP) is 5.84. The van der Waals surface area contributed by atoms with E-state index < -0.39 is 0 Å². The van der Waals surface area contributed by atoms with Crippen LogP contribution in [0.25, 0.3) is 33.5 Å². The van der Waals surface area contributed by atoms with Gasteiger partial charge in [0.2, 0.25) is 0 Å². The number of rotatable bonds is 9. The third-order valence-electron chi connectivity index (χ3n) is 5.89. The van der Waals surface area contributed by atoms with Gasteiger partial charge in [-0.2, -0.15) is 0 Å². The molecule has 0 aliphatic carbocycles. The van der Waals surface area contributed by atoms with Crippen LogP contribution in [-0.2, 0) is 17.7 Å². The van der Waals surface area contributed by atoms with Gasteiger partial charge in [-0.25, -0.2) is 14.9 Å². The molecule has 0 fully saturated rings. The van der Waals surface area contributed by atoms with E-state index in [1.807, 2.05) is 18.2 Å². The van der Waals surface area contributed by atoms with Crippen LogP contribution in [0.15, 0.2) is 53.7 Å². The van der Waals surface area contributed by atoms with Crippen molar-refractivity contribution in [3.05, 3.63) is 63.8 Å². The summed E-state index contributed by atoms with van der Waals surface area (Å²) in [6.07, 6.45) is 1.88.